The molecule has 0 saturated heterocycles. The van der Waals surface area contributed by atoms with Gasteiger partial charge in [0.2, 0.25) is 0 Å². The quantitative estimate of drug-likeness (QED) is 0.510. The van der Waals surface area contributed by atoms with Gasteiger partial charge in [-0.15, -0.1) is 0 Å². The summed E-state index contributed by atoms with van der Waals surface area (Å²) >= 11 is 0. The van der Waals surface area contributed by atoms with Crippen LogP contribution in [0.3, 0.4) is 0 Å². The largest absolute Gasteiger partial charge is 0.452 e. The summed E-state index contributed by atoms with van der Waals surface area (Å²) in [4.78, 5) is 34.2. The van der Waals surface area contributed by atoms with Crippen LogP contribution in [0.4, 0.5) is 11.4 Å². The Morgan fingerprint density at radius 2 is 1.72 bits per heavy atom. The Labute approximate surface area is 144 Å². The van der Waals surface area contributed by atoms with E-state index >= 15 is 0 Å². The number of hydrogen-bond acceptors (Lipinski definition) is 5. The minimum atomic E-state index is -0.713. The van der Waals surface area contributed by atoms with Gasteiger partial charge in [0.15, 0.2) is 6.61 Å². The second-order valence-corrected chi connectivity index (χ2v) is 5.65. The number of aryl methyl sites for hydroxylation is 3. The third-order valence-electron chi connectivity index (χ3n) is 3.71. The molecular formula is C18H18N2O5. The topological polar surface area (TPSA) is 98.5 Å². The van der Waals surface area contributed by atoms with E-state index in [2.05, 4.69) is 5.32 Å². The van der Waals surface area contributed by atoms with Gasteiger partial charge in [-0.25, -0.2) is 4.79 Å². The van der Waals surface area contributed by atoms with Crippen molar-refractivity contribution >= 4 is 23.3 Å². The van der Waals surface area contributed by atoms with Crippen LogP contribution in [0.25, 0.3) is 0 Å². The van der Waals surface area contributed by atoms with E-state index in [1.165, 1.54) is 25.1 Å². The molecule has 0 bridgehead atoms. The minimum Gasteiger partial charge on any atom is -0.452 e. The summed E-state index contributed by atoms with van der Waals surface area (Å²) in [6.07, 6.45) is 0. The maximum atomic E-state index is 12.0. The second-order valence-electron chi connectivity index (χ2n) is 5.65. The Morgan fingerprint density at radius 1 is 1.08 bits per heavy atom. The molecule has 0 unspecified atom stereocenters. The Hall–Kier alpha value is -3.22. The predicted octanol–water partition coefficient (Wildman–Crippen LogP) is 3.32. The van der Waals surface area contributed by atoms with E-state index in [9.17, 15) is 19.7 Å². The van der Waals surface area contributed by atoms with Crippen molar-refractivity contribution in [1.29, 1.82) is 0 Å². The van der Waals surface area contributed by atoms with Gasteiger partial charge in [-0.3, -0.25) is 14.9 Å². The van der Waals surface area contributed by atoms with Gasteiger partial charge >= 0.3 is 5.97 Å². The first-order chi connectivity index (χ1) is 11.8. The number of nitrogens with one attached hydrogen (secondary N) is 1. The van der Waals surface area contributed by atoms with Gasteiger partial charge in [0.25, 0.3) is 11.6 Å². The molecule has 0 heterocycles. The summed E-state index contributed by atoms with van der Waals surface area (Å²) < 4.78 is 4.98. The smallest absolute Gasteiger partial charge is 0.338 e. The first kappa shape index (κ1) is 18.1. The number of ether oxygens (including phenoxy) is 1. The SMILES string of the molecule is Cc1cc(C(=O)OCC(=O)Nc2c(C)cccc2C)ccc1[N+](=O)[O-]. The fraction of sp³-hybridized carbons (Fsp3) is 0.222. The van der Waals surface area contributed by atoms with Crippen LogP contribution in [0.2, 0.25) is 0 Å². The summed E-state index contributed by atoms with van der Waals surface area (Å²) in [6, 6.07) is 9.53. The third kappa shape index (κ3) is 4.41. The van der Waals surface area contributed by atoms with Gasteiger partial charge in [-0.2, -0.15) is 0 Å². The highest BCUT2D eigenvalue weighted by molar-refractivity contribution is 5.96. The molecule has 7 heteroatoms. The average molecular weight is 342 g/mol. The van der Waals surface area contributed by atoms with Crippen LogP contribution in [-0.2, 0) is 9.53 Å². The van der Waals surface area contributed by atoms with E-state index in [-0.39, 0.29) is 11.3 Å². The van der Waals surface area contributed by atoms with Crippen molar-refractivity contribution in [1.82, 2.24) is 0 Å². The normalized spacial score (nSPS) is 10.2. The fourth-order valence-corrected chi connectivity index (χ4v) is 2.39. The van der Waals surface area contributed by atoms with E-state index < -0.39 is 23.4 Å². The molecule has 0 radical (unpaired) electrons. The molecule has 7 nitrogen and oxygen atoms in total. The maximum Gasteiger partial charge on any atom is 0.338 e. The number of esters is 1. The van der Waals surface area contributed by atoms with E-state index in [1.807, 2.05) is 32.0 Å². The van der Waals surface area contributed by atoms with E-state index in [0.717, 1.165) is 11.1 Å². The molecule has 0 aromatic heterocycles. The van der Waals surface area contributed by atoms with Crippen molar-refractivity contribution in [3.05, 3.63) is 68.8 Å². The first-order valence-corrected chi connectivity index (χ1v) is 7.58. The Bertz CT molecular complexity index is 825. The van der Waals surface area contributed by atoms with Crippen LogP contribution in [0, 0.1) is 30.9 Å². The zero-order chi connectivity index (χ0) is 18.6. The lowest BCUT2D eigenvalue weighted by Crippen LogP contribution is -2.21. The molecule has 0 spiro atoms. The lowest BCUT2D eigenvalue weighted by atomic mass is 10.1. The summed E-state index contributed by atoms with van der Waals surface area (Å²) in [6.45, 7) is 4.83. The van der Waals surface area contributed by atoms with Gasteiger partial charge in [-0.05, 0) is 44.0 Å². The van der Waals surface area contributed by atoms with Crippen LogP contribution in [0.1, 0.15) is 27.0 Å². The van der Waals surface area contributed by atoms with Gasteiger partial charge in [0, 0.05) is 17.3 Å². The summed E-state index contributed by atoms with van der Waals surface area (Å²) in [5.74, 6) is -1.17. The highest BCUT2D eigenvalue weighted by Crippen LogP contribution is 2.20. The number of nitro benzene ring substituents is 1. The standard InChI is InChI=1S/C18H18N2O5/c1-11-5-4-6-12(2)17(11)19-16(21)10-25-18(22)14-7-8-15(20(23)24)13(3)9-14/h4-9H,10H2,1-3H3,(H,19,21). The van der Waals surface area contributed by atoms with Crippen molar-refractivity contribution in [2.24, 2.45) is 0 Å². The summed E-state index contributed by atoms with van der Waals surface area (Å²) in [5, 5.41) is 13.5. The highest BCUT2D eigenvalue weighted by atomic mass is 16.6. The Kier molecular flexibility index (Phi) is 5.49. The van der Waals surface area contributed by atoms with Crippen molar-refractivity contribution < 1.29 is 19.2 Å². The third-order valence-corrected chi connectivity index (χ3v) is 3.71. The molecule has 2 aromatic carbocycles. The van der Waals surface area contributed by atoms with Gasteiger partial charge < -0.3 is 10.1 Å². The van der Waals surface area contributed by atoms with Crippen molar-refractivity contribution in [3.63, 3.8) is 0 Å². The molecule has 2 rings (SSSR count). The van der Waals surface area contributed by atoms with Crippen molar-refractivity contribution in [2.75, 3.05) is 11.9 Å². The van der Waals surface area contributed by atoms with Crippen LogP contribution < -0.4 is 5.32 Å². The number of nitro groups is 1. The molecule has 0 aliphatic rings. The van der Waals surface area contributed by atoms with Crippen molar-refractivity contribution in [2.45, 2.75) is 20.8 Å². The van der Waals surface area contributed by atoms with E-state index in [4.69, 9.17) is 4.74 Å². The predicted molar refractivity (Wildman–Crippen MR) is 92.7 cm³/mol. The molecule has 1 amide bonds. The molecule has 0 aliphatic carbocycles. The second kappa shape index (κ2) is 7.57. The van der Waals surface area contributed by atoms with Crippen LogP contribution in [-0.4, -0.2) is 23.4 Å². The first-order valence-electron chi connectivity index (χ1n) is 7.58. The summed E-state index contributed by atoms with van der Waals surface area (Å²) in [7, 11) is 0. The number of rotatable bonds is 5. The van der Waals surface area contributed by atoms with E-state index in [0.29, 0.717) is 11.3 Å². The van der Waals surface area contributed by atoms with Crippen LogP contribution >= 0.6 is 0 Å². The Morgan fingerprint density at radius 3 is 2.28 bits per heavy atom. The minimum absolute atomic E-state index is 0.0793. The van der Waals surface area contributed by atoms with Crippen LogP contribution in [0.5, 0.6) is 0 Å². The molecule has 0 fully saturated rings. The van der Waals surface area contributed by atoms with Gasteiger partial charge in [-0.1, -0.05) is 18.2 Å². The molecule has 1 N–H and O–H groups in total. The number of para-hydroxylation sites is 1. The number of amides is 1. The fourth-order valence-electron chi connectivity index (χ4n) is 2.39. The number of carbonyl (C=O) groups is 2. The molecule has 0 saturated carbocycles. The number of hydrogen-bond donors (Lipinski definition) is 1. The van der Waals surface area contributed by atoms with Gasteiger partial charge in [0.1, 0.15) is 0 Å². The zero-order valence-corrected chi connectivity index (χ0v) is 14.2. The van der Waals surface area contributed by atoms with Crippen LogP contribution in [0.15, 0.2) is 36.4 Å². The monoisotopic (exact) mass is 342 g/mol. The molecular weight excluding hydrogens is 324 g/mol. The summed E-state index contributed by atoms with van der Waals surface area (Å²) in [5.41, 5.74) is 2.93. The molecule has 0 aliphatic heterocycles. The Balaban J connectivity index is 1.99. The number of anilines is 1. The highest BCUT2D eigenvalue weighted by Gasteiger charge is 2.16. The maximum absolute atomic E-state index is 12.0. The average Bonchev–Trinajstić information content (AvgIpc) is 2.55. The lowest BCUT2D eigenvalue weighted by Gasteiger charge is -2.11. The lowest BCUT2D eigenvalue weighted by molar-refractivity contribution is -0.385. The molecule has 2 aromatic rings. The molecule has 130 valence electrons. The number of benzene rings is 2. The van der Waals surface area contributed by atoms with Gasteiger partial charge in [0.05, 0.1) is 10.5 Å². The molecule has 25 heavy (non-hydrogen) atoms. The van der Waals surface area contributed by atoms with Crippen molar-refractivity contribution in [3.8, 4) is 0 Å². The molecule has 0 atom stereocenters. The van der Waals surface area contributed by atoms with E-state index in [1.54, 1.807) is 0 Å². The number of carbonyl (C=O) groups excluding carboxylic acids is 2. The zero-order valence-electron chi connectivity index (χ0n) is 14.2. The number of nitrogens with zero attached hydrogens (tertiary/aromatic N) is 1.